The number of nitrogens with one attached hydrogen (secondary N) is 2. The van der Waals surface area contributed by atoms with Crippen molar-refractivity contribution in [1.29, 1.82) is 0 Å². The summed E-state index contributed by atoms with van der Waals surface area (Å²) in [7, 11) is 0. The molecule has 138 valence electrons. The largest absolute Gasteiger partial charge is 0.487 e. The lowest BCUT2D eigenvalue weighted by Crippen LogP contribution is -2.49. The van der Waals surface area contributed by atoms with Gasteiger partial charge in [-0.25, -0.2) is 9.97 Å². The first-order valence-electron chi connectivity index (χ1n) is 9.38. The monoisotopic (exact) mass is 472 g/mol. The van der Waals surface area contributed by atoms with Gasteiger partial charge >= 0.3 is 0 Å². The topological polar surface area (TPSA) is 59.1 Å². The third-order valence-corrected chi connectivity index (χ3v) is 6.29. The lowest BCUT2D eigenvalue weighted by Gasteiger charge is -2.45. The molecule has 0 radical (unpaired) electrons. The van der Waals surface area contributed by atoms with Crippen molar-refractivity contribution in [2.75, 3.05) is 18.4 Å². The van der Waals surface area contributed by atoms with E-state index in [0.717, 1.165) is 54.8 Å². The Morgan fingerprint density at radius 3 is 2.85 bits per heavy atom. The molecule has 1 spiro atoms. The van der Waals surface area contributed by atoms with Crippen molar-refractivity contribution in [2.24, 2.45) is 0 Å². The Kier molecular flexibility index (Phi) is 4.40. The number of rotatable bonds is 2. The molecular formula is C21H21IN4O. The first-order valence-corrected chi connectivity index (χ1v) is 10.5. The normalized spacial score (nSPS) is 20.9. The van der Waals surface area contributed by atoms with Crippen LogP contribution in [0.1, 0.15) is 30.9 Å². The number of para-hydroxylation sites is 1. The minimum absolute atomic E-state index is 0.103. The first-order chi connectivity index (χ1) is 13.2. The molecule has 3 aromatic rings. The zero-order valence-electron chi connectivity index (χ0n) is 14.9. The lowest BCUT2D eigenvalue weighted by molar-refractivity contribution is 0.0102. The Morgan fingerprint density at radius 1 is 1.11 bits per heavy atom. The second-order valence-electron chi connectivity index (χ2n) is 7.36. The maximum absolute atomic E-state index is 6.52. The van der Waals surface area contributed by atoms with Gasteiger partial charge in [0.05, 0.1) is 11.6 Å². The summed E-state index contributed by atoms with van der Waals surface area (Å²) in [5.74, 6) is 1.89. The molecule has 6 heteroatoms. The van der Waals surface area contributed by atoms with E-state index in [0.29, 0.717) is 0 Å². The van der Waals surface area contributed by atoms with Gasteiger partial charge in [-0.3, -0.25) is 0 Å². The Hall–Kier alpha value is -1.93. The highest BCUT2D eigenvalue weighted by molar-refractivity contribution is 14.1. The number of hydrogen-bond donors (Lipinski definition) is 2. The van der Waals surface area contributed by atoms with Crippen LogP contribution in [0.15, 0.2) is 48.8 Å². The lowest BCUT2D eigenvalue weighted by atomic mass is 9.81. The number of nitrogens with zero attached hydrogens (tertiary/aromatic N) is 2. The minimum atomic E-state index is -0.103. The molecule has 0 saturated carbocycles. The van der Waals surface area contributed by atoms with Gasteiger partial charge in [-0.2, -0.15) is 0 Å². The summed E-state index contributed by atoms with van der Waals surface area (Å²) in [6.07, 6.45) is 4.65. The number of benzene rings is 2. The zero-order chi connectivity index (χ0) is 18.3. The van der Waals surface area contributed by atoms with Crippen molar-refractivity contribution in [2.45, 2.75) is 30.9 Å². The summed E-state index contributed by atoms with van der Waals surface area (Å²) in [5, 5.41) is 8.24. The SMILES string of the molecule is Ic1ccc2ncnc(NC3CC4(CCNCC4)Oc4ccccc43)c2c1. The van der Waals surface area contributed by atoms with Crippen LogP contribution >= 0.6 is 22.6 Å². The van der Waals surface area contributed by atoms with E-state index in [1.54, 1.807) is 6.33 Å². The second-order valence-corrected chi connectivity index (χ2v) is 8.60. The fourth-order valence-corrected chi connectivity index (χ4v) is 4.74. The molecule has 27 heavy (non-hydrogen) atoms. The number of fused-ring (bicyclic) bond motifs is 2. The highest BCUT2D eigenvalue weighted by Gasteiger charge is 2.42. The van der Waals surface area contributed by atoms with Gasteiger partial charge in [0.2, 0.25) is 0 Å². The number of anilines is 1. The average Bonchev–Trinajstić information content (AvgIpc) is 2.69. The molecule has 1 atom stereocenters. The van der Waals surface area contributed by atoms with E-state index in [4.69, 9.17) is 4.74 Å². The molecule has 3 heterocycles. The first kappa shape index (κ1) is 17.2. The predicted molar refractivity (Wildman–Crippen MR) is 115 cm³/mol. The Balaban J connectivity index is 1.55. The van der Waals surface area contributed by atoms with Crippen LogP contribution in [0.2, 0.25) is 0 Å². The quantitative estimate of drug-likeness (QED) is 0.545. The summed E-state index contributed by atoms with van der Waals surface area (Å²) in [6, 6.07) is 14.8. The minimum Gasteiger partial charge on any atom is -0.487 e. The molecule has 5 nitrogen and oxygen atoms in total. The molecular weight excluding hydrogens is 451 g/mol. The van der Waals surface area contributed by atoms with Crippen molar-refractivity contribution in [3.63, 3.8) is 0 Å². The van der Waals surface area contributed by atoms with Crippen LogP contribution in [-0.4, -0.2) is 28.7 Å². The van der Waals surface area contributed by atoms with Crippen LogP contribution < -0.4 is 15.4 Å². The van der Waals surface area contributed by atoms with E-state index in [2.05, 4.69) is 85.7 Å². The van der Waals surface area contributed by atoms with Crippen LogP contribution in [-0.2, 0) is 0 Å². The third kappa shape index (κ3) is 3.25. The molecule has 1 unspecified atom stereocenters. The van der Waals surface area contributed by atoms with Crippen molar-refractivity contribution < 1.29 is 4.74 Å². The van der Waals surface area contributed by atoms with Crippen LogP contribution in [0.4, 0.5) is 5.82 Å². The Bertz CT molecular complexity index is 987. The van der Waals surface area contributed by atoms with Gasteiger partial charge in [0.25, 0.3) is 0 Å². The maximum Gasteiger partial charge on any atom is 0.137 e. The van der Waals surface area contributed by atoms with Gasteiger partial charge in [-0.15, -0.1) is 0 Å². The van der Waals surface area contributed by atoms with Crippen LogP contribution in [0.3, 0.4) is 0 Å². The van der Waals surface area contributed by atoms with Gasteiger partial charge < -0.3 is 15.4 Å². The summed E-state index contributed by atoms with van der Waals surface area (Å²) < 4.78 is 7.70. The van der Waals surface area contributed by atoms with Crippen LogP contribution in [0.25, 0.3) is 10.9 Å². The van der Waals surface area contributed by atoms with Crippen molar-refractivity contribution in [3.8, 4) is 5.75 Å². The summed E-state index contributed by atoms with van der Waals surface area (Å²) >= 11 is 2.34. The smallest absolute Gasteiger partial charge is 0.137 e. The molecule has 0 amide bonds. The fraction of sp³-hybridized carbons (Fsp3) is 0.333. The molecule has 1 fully saturated rings. The van der Waals surface area contributed by atoms with Gasteiger partial charge in [0.1, 0.15) is 23.5 Å². The maximum atomic E-state index is 6.52. The highest BCUT2D eigenvalue weighted by Crippen LogP contribution is 2.44. The standard InChI is InChI=1S/C21H21IN4O/c22-14-5-6-17-16(11-14)20(25-13-24-17)26-18-12-21(7-9-23-10-8-21)27-19-4-2-1-3-15(18)19/h1-6,11,13,18,23H,7-10,12H2,(H,24,25,26). The van der Waals surface area contributed by atoms with Crippen LogP contribution in [0, 0.1) is 3.57 Å². The second kappa shape index (κ2) is 6.91. The van der Waals surface area contributed by atoms with E-state index in [-0.39, 0.29) is 11.6 Å². The number of halogens is 1. The average molecular weight is 472 g/mol. The Morgan fingerprint density at radius 2 is 1.96 bits per heavy atom. The van der Waals surface area contributed by atoms with Gasteiger partial charge in [-0.1, -0.05) is 18.2 Å². The molecule has 2 aliphatic rings. The number of ether oxygens (including phenoxy) is 1. The van der Waals surface area contributed by atoms with Crippen LogP contribution in [0.5, 0.6) is 5.75 Å². The van der Waals surface area contributed by atoms with Gasteiger partial charge in [0.15, 0.2) is 0 Å². The third-order valence-electron chi connectivity index (χ3n) is 5.62. The number of aromatic nitrogens is 2. The van der Waals surface area contributed by atoms with E-state index in [1.165, 1.54) is 9.13 Å². The van der Waals surface area contributed by atoms with E-state index in [1.807, 2.05) is 0 Å². The Labute approximate surface area is 172 Å². The zero-order valence-corrected chi connectivity index (χ0v) is 17.1. The molecule has 2 N–H and O–H groups in total. The number of hydrogen-bond acceptors (Lipinski definition) is 5. The predicted octanol–water partition coefficient (Wildman–Crippen LogP) is 4.29. The molecule has 1 saturated heterocycles. The van der Waals surface area contributed by atoms with Gasteiger partial charge in [-0.05, 0) is 72.8 Å². The summed E-state index contributed by atoms with van der Waals surface area (Å²) in [5.41, 5.74) is 2.07. The van der Waals surface area contributed by atoms with Crippen molar-refractivity contribution in [3.05, 3.63) is 57.9 Å². The van der Waals surface area contributed by atoms with Crippen molar-refractivity contribution in [1.82, 2.24) is 15.3 Å². The number of piperidine rings is 1. The molecule has 5 rings (SSSR count). The fourth-order valence-electron chi connectivity index (χ4n) is 4.24. The van der Waals surface area contributed by atoms with E-state index < -0.39 is 0 Å². The molecule has 1 aromatic heterocycles. The summed E-state index contributed by atoms with van der Waals surface area (Å²) in [4.78, 5) is 8.99. The van der Waals surface area contributed by atoms with E-state index in [9.17, 15) is 0 Å². The molecule has 0 bridgehead atoms. The summed E-state index contributed by atoms with van der Waals surface area (Å²) in [6.45, 7) is 2.01. The van der Waals surface area contributed by atoms with Gasteiger partial charge in [0, 0.05) is 20.9 Å². The molecule has 0 aliphatic carbocycles. The van der Waals surface area contributed by atoms with E-state index >= 15 is 0 Å². The highest BCUT2D eigenvalue weighted by atomic mass is 127. The molecule has 2 aromatic carbocycles. The van der Waals surface area contributed by atoms with Crippen molar-refractivity contribution >= 4 is 39.3 Å². The molecule has 2 aliphatic heterocycles.